The van der Waals surface area contributed by atoms with Crippen molar-refractivity contribution in [3.05, 3.63) is 0 Å². The average Bonchev–Trinajstić information content (AvgIpc) is 2.36. The van der Waals surface area contributed by atoms with Crippen LogP contribution in [0.15, 0.2) is 4.99 Å². The van der Waals surface area contributed by atoms with Crippen LogP contribution in [0.5, 0.6) is 0 Å². The summed E-state index contributed by atoms with van der Waals surface area (Å²) in [6.07, 6.45) is 2.19. The molecule has 2 aliphatic heterocycles. The molecule has 0 aromatic rings. The van der Waals surface area contributed by atoms with Gasteiger partial charge in [0.1, 0.15) is 0 Å². The van der Waals surface area contributed by atoms with Gasteiger partial charge in [0, 0.05) is 37.7 Å². The summed E-state index contributed by atoms with van der Waals surface area (Å²) < 4.78 is 5.73. The highest BCUT2D eigenvalue weighted by Gasteiger charge is 2.28. The van der Waals surface area contributed by atoms with E-state index in [2.05, 4.69) is 23.7 Å². The maximum atomic E-state index is 6.07. The zero-order valence-corrected chi connectivity index (χ0v) is 12.3. The number of thioether (sulfide) groups is 1. The average molecular weight is 271 g/mol. The summed E-state index contributed by atoms with van der Waals surface area (Å²) >= 11 is 1.99. The molecule has 0 amide bonds. The summed E-state index contributed by atoms with van der Waals surface area (Å²) in [5.74, 6) is 3.69. The Morgan fingerprint density at radius 2 is 2.17 bits per heavy atom. The van der Waals surface area contributed by atoms with Crippen molar-refractivity contribution >= 4 is 17.7 Å². The Hall–Kier alpha value is -0.420. The van der Waals surface area contributed by atoms with Crippen LogP contribution >= 0.6 is 11.8 Å². The summed E-state index contributed by atoms with van der Waals surface area (Å²) in [6, 6.07) is 0. The lowest BCUT2D eigenvalue weighted by Gasteiger charge is -2.35. The first-order valence-electron chi connectivity index (χ1n) is 6.83. The van der Waals surface area contributed by atoms with Crippen LogP contribution in [0.3, 0.4) is 0 Å². The second-order valence-electron chi connectivity index (χ2n) is 5.77. The molecule has 18 heavy (non-hydrogen) atoms. The van der Waals surface area contributed by atoms with Gasteiger partial charge in [0.2, 0.25) is 0 Å². The van der Waals surface area contributed by atoms with Crippen LogP contribution in [0.2, 0.25) is 0 Å². The third-order valence-electron chi connectivity index (χ3n) is 3.65. The predicted molar refractivity (Wildman–Crippen MR) is 78.1 cm³/mol. The molecule has 5 heteroatoms. The summed E-state index contributed by atoms with van der Waals surface area (Å²) in [6.45, 7) is 8.11. The number of nitrogens with zero attached hydrogens (tertiary/aromatic N) is 2. The molecule has 2 fully saturated rings. The Morgan fingerprint density at radius 1 is 1.44 bits per heavy atom. The highest BCUT2D eigenvalue weighted by atomic mass is 32.2. The van der Waals surface area contributed by atoms with Gasteiger partial charge in [-0.1, -0.05) is 0 Å². The fraction of sp³-hybridized carbons (Fsp3) is 0.923. The third-order valence-corrected chi connectivity index (χ3v) is 4.59. The Balaban J connectivity index is 1.81. The summed E-state index contributed by atoms with van der Waals surface area (Å²) in [7, 11) is 0. The minimum absolute atomic E-state index is 0.00889. The lowest BCUT2D eigenvalue weighted by molar-refractivity contribution is -0.0705. The number of hydrogen-bond donors (Lipinski definition) is 1. The first-order chi connectivity index (χ1) is 8.57. The maximum absolute atomic E-state index is 6.07. The molecule has 2 saturated heterocycles. The van der Waals surface area contributed by atoms with Gasteiger partial charge >= 0.3 is 0 Å². The van der Waals surface area contributed by atoms with Gasteiger partial charge in [-0.3, -0.25) is 4.99 Å². The van der Waals surface area contributed by atoms with Crippen molar-refractivity contribution < 1.29 is 4.74 Å². The number of aliphatic imine (C=N–C) groups is 1. The lowest BCUT2D eigenvalue weighted by Crippen LogP contribution is -2.43. The first kappa shape index (κ1) is 14.0. The quantitative estimate of drug-likeness (QED) is 0.611. The van der Waals surface area contributed by atoms with Crippen LogP contribution in [-0.2, 0) is 4.74 Å². The van der Waals surface area contributed by atoms with Crippen molar-refractivity contribution in [1.82, 2.24) is 4.90 Å². The van der Waals surface area contributed by atoms with E-state index < -0.39 is 0 Å². The van der Waals surface area contributed by atoms with Crippen LogP contribution in [0.4, 0.5) is 0 Å². The van der Waals surface area contributed by atoms with Gasteiger partial charge in [0.05, 0.1) is 5.60 Å². The van der Waals surface area contributed by atoms with Gasteiger partial charge in [-0.15, -0.1) is 0 Å². The molecule has 0 spiro atoms. The molecule has 0 bridgehead atoms. The number of nitrogens with two attached hydrogens (primary N) is 1. The Labute approximate surface area is 114 Å². The molecule has 0 aromatic heterocycles. The van der Waals surface area contributed by atoms with Crippen LogP contribution in [-0.4, -0.2) is 54.2 Å². The molecule has 4 nitrogen and oxygen atoms in total. The molecule has 0 aliphatic carbocycles. The van der Waals surface area contributed by atoms with Gasteiger partial charge in [-0.05, 0) is 32.6 Å². The second-order valence-corrected chi connectivity index (χ2v) is 6.99. The van der Waals surface area contributed by atoms with Crippen molar-refractivity contribution in [2.24, 2.45) is 16.6 Å². The summed E-state index contributed by atoms with van der Waals surface area (Å²) in [4.78, 5) is 6.80. The van der Waals surface area contributed by atoms with Crippen molar-refractivity contribution in [3.63, 3.8) is 0 Å². The summed E-state index contributed by atoms with van der Waals surface area (Å²) in [5, 5.41) is 0. The van der Waals surface area contributed by atoms with E-state index >= 15 is 0 Å². The molecule has 0 aromatic carbocycles. The van der Waals surface area contributed by atoms with E-state index in [1.807, 2.05) is 11.8 Å². The zero-order chi connectivity index (χ0) is 13.0. The van der Waals surface area contributed by atoms with Crippen molar-refractivity contribution in [1.29, 1.82) is 0 Å². The number of ether oxygens (including phenoxy) is 1. The fourth-order valence-electron chi connectivity index (χ4n) is 2.63. The van der Waals surface area contributed by atoms with E-state index in [4.69, 9.17) is 10.5 Å². The summed E-state index contributed by atoms with van der Waals surface area (Å²) in [5.41, 5.74) is 6.08. The third kappa shape index (κ3) is 4.05. The molecule has 0 saturated carbocycles. The largest absolute Gasteiger partial charge is 0.376 e. The molecule has 2 aliphatic rings. The van der Waals surface area contributed by atoms with Crippen LogP contribution in [0.25, 0.3) is 0 Å². The van der Waals surface area contributed by atoms with Gasteiger partial charge < -0.3 is 15.4 Å². The molecule has 2 N–H and O–H groups in total. The second kappa shape index (κ2) is 6.15. The van der Waals surface area contributed by atoms with E-state index in [0.717, 1.165) is 45.0 Å². The molecule has 2 rings (SSSR count). The molecule has 104 valence electrons. The molecule has 0 radical (unpaired) electrons. The van der Waals surface area contributed by atoms with E-state index in [9.17, 15) is 0 Å². The van der Waals surface area contributed by atoms with E-state index in [1.54, 1.807) is 0 Å². The monoisotopic (exact) mass is 271 g/mol. The Morgan fingerprint density at radius 3 is 2.83 bits per heavy atom. The standard InChI is InChI=1S/C13H25N3OS/c1-13(2)9-11(3-6-17-13)10-15-12(14)16-4-7-18-8-5-16/h11H,3-10H2,1-2H3,(H2,14,15). The van der Waals surface area contributed by atoms with E-state index in [1.165, 1.54) is 11.5 Å². The molecular weight excluding hydrogens is 246 g/mol. The highest BCUT2D eigenvalue weighted by molar-refractivity contribution is 7.99. The molecule has 1 unspecified atom stereocenters. The van der Waals surface area contributed by atoms with Crippen LogP contribution in [0, 0.1) is 5.92 Å². The van der Waals surface area contributed by atoms with Crippen molar-refractivity contribution in [2.75, 3.05) is 37.7 Å². The van der Waals surface area contributed by atoms with E-state index in [0.29, 0.717) is 5.92 Å². The number of guanidine groups is 1. The molecule has 1 atom stereocenters. The predicted octanol–water partition coefficient (Wildman–Crippen LogP) is 1.56. The number of hydrogen-bond acceptors (Lipinski definition) is 3. The van der Waals surface area contributed by atoms with E-state index in [-0.39, 0.29) is 5.60 Å². The molecular formula is C13H25N3OS. The van der Waals surface area contributed by atoms with Crippen molar-refractivity contribution in [3.8, 4) is 0 Å². The zero-order valence-electron chi connectivity index (χ0n) is 11.5. The van der Waals surface area contributed by atoms with Gasteiger partial charge in [0.25, 0.3) is 0 Å². The van der Waals surface area contributed by atoms with Crippen LogP contribution in [0.1, 0.15) is 26.7 Å². The smallest absolute Gasteiger partial charge is 0.191 e. The van der Waals surface area contributed by atoms with Crippen LogP contribution < -0.4 is 5.73 Å². The van der Waals surface area contributed by atoms with Crippen molar-refractivity contribution in [2.45, 2.75) is 32.3 Å². The molecule has 2 heterocycles. The first-order valence-corrected chi connectivity index (χ1v) is 7.99. The van der Waals surface area contributed by atoms with Gasteiger partial charge in [-0.2, -0.15) is 11.8 Å². The number of rotatable bonds is 2. The van der Waals surface area contributed by atoms with Gasteiger partial charge in [0.15, 0.2) is 5.96 Å². The minimum atomic E-state index is 0.00889. The fourth-order valence-corrected chi connectivity index (χ4v) is 3.53. The lowest BCUT2D eigenvalue weighted by atomic mass is 9.88. The minimum Gasteiger partial charge on any atom is -0.376 e. The normalized spacial score (nSPS) is 29.3. The Kier molecular flexibility index (Phi) is 4.78. The highest BCUT2D eigenvalue weighted by Crippen LogP contribution is 2.28. The maximum Gasteiger partial charge on any atom is 0.191 e. The SMILES string of the molecule is CC1(C)CC(CN=C(N)N2CCSCC2)CCO1. The van der Waals surface area contributed by atoms with Gasteiger partial charge in [-0.25, -0.2) is 0 Å². The topological polar surface area (TPSA) is 50.8 Å². The Bertz CT molecular complexity index is 301.